The van der Waals surface area contributed by atoms with Gasteiger partial charge in [-0.25, -0.2) is 9.78 Å². The number of unbranched alkanes of at least 4 members (excludes halogenated alkanes) is 3. The summed E-state index contributed by atoms with van der Waals surface area (Å²) in [5.41, 5.74) is 0. The summed E-state index contributed by atoms with van der Waals surface area (Å²) in [6.07, 6.45) is 15.3. The standard InChI is InChI=1S/C20H30O5/c1-2-3-6-9-15(21)12-13-17-16(18-14-19(17)25-24-18)10-7-4-5-8-11-20(22)23/h4,7,12-13,16-19H,2-3,5-6,8-11,14H2,1H3,(H,22,23)/b7-4-,13-12+/t16-,17-,18-,19+/m1/s1. The van der Waals surface area contributed by atoms with Crippen LogP contribution in [0.25, 0.3) is 0 Å². The van der Waals surface area contributed by atoms with Crippen LogP contribution in [0.15, 0.2) is 24.3 Å². The summed E-state index contributed by atoms with van der Waals surface area (Å²) in [5, 5.41) is 8.63. The summed E-state index contributed by atoms with van der Waals surface area (Å²) in [7, 11) is 0. The molecule has 0 radical (unpaired) electrons. The molecule has 1 saturated heterocycles. The third-order valence-corrected chi connectivity index (χ3v) is 5.04. The highest BCUT2D eigenvalue weighted by molar-refractivity contribution is 5.89. The van der Waals surface area contributed by atoms with Crippen LogP contribution < -0.4 is 0 Å². The fraction of sp³-hybridized carbons (Fsp3) is 0.700. The van der Waals surface area contributed by atoms with Gasteiger partial charge in [-0.2, -0.15) is 0 Å². The molecule has 1 aliphatic carbocycles. The molecule has 4 atom stereocenters. The summed E-state index contributed by atoms with van der Waals surface area (Å²) in [6, 6.07) is 0. The number of hydrogen-bond donors (Lipinski definition) is 1. The van der Waals surface area contributed by atoms with Crippen LogP contribution in [-0.4, -0.2) is 29.1 Å². The van der Waals surface area contributed by atoms with Gasteiger partial charge in [0.2, 0.25) is 0 Å². The number of hydrogen-bond acceptors (Lipinski definition) is 4. The second-order valence-electron chi connectivity index (χ2n) is 7.02. The minimum atomic E-state index is -0.749. The molecular weight excluding hydrogens is 320 g/mol. The van der Waals surface area contributed by atoms with Gasteiger partial charge in [-0.1, -0.05) is 38.0 Å². The number of carboxylic acid groups (broad SMARTS) is 1. The van der Waals surface area contributed by atoms with Crippen molar-refractivity contribution in [1.29, 1.82) is 0 Å². The SMILES string of the molecule is CCCCCC(=O)/C=C/[C@@H]1[C@@H](C/C=C\CCCC(=O)O)[C@H]2C[C@@H]1OO2. The molecule has 5 heteroatoms. The topological polar surface area (TPSA) is 72.8 Å². The van der Waals surface area contributed by atoms with Crippen molar-refractivity contribution in [1.82, 2.24) is 0 Å². The van der Waals surface area contributed by atoms with Crippen molar-refractivity contribution >= 4 is 11.8 Å². The summed E-state index contributed by atoms with van der Waals surface area (Å²) in [5.74, 6) is -0.00679. The summed E-state index contributed by atoms with van der Waals surface area (Å²) in [4.78, 5) is 33.2. The van der Waals surface area contributed by atoms with Crippen LogP contribution in [-0.2, 0) is 19.4 Å². The molecule has 1 N–H and O–H groups in total. The van der Waals surface area contributed by atoms with Crippen molar-refractivity contribution in [2.75, 3.05) is 0 Å². The molecule has 2 bridgehead atoms. The lowest BCUT2D eigenvalue weighted by molar-refractivity contribution is -0.336. The van der Waals surface area contributed by atoms with E-state index in [0.717, 1.165) is 38.5 Å². The van der Waals surface area contributed by atoms with E-state index < -0.39 is 5.97 Å². The Morgan fingerprint density at radius 2 is 1.88 bits per heavy atom. The van der Waals surface area contributed by atoms with Gasteiger partial charge in [0.15, 0.2) is 5.78 Å². The molecule has 1 aliphatic heterocycles. The van der Waals surface area contributed by atoms with Crippen molar-refractivity contribution in [2.45, 2.75) is 76.9 Å². The van der Waals surface area contributed by atoms with Gasteiger partial charge in [-0.05, 0) is 31.8 Å². The highest BCUT2D eigenvalue weighted by atomic mass is 17.2. The molecule has 1 saturated carbocycles. The minimum Gasteiger partial charge on any atom is -0.481 e. The maximum Gasteiger partial charge on any atom is 0.303 e. The Balaban J connectivity index is 1.79. The molecule has 0 aromatic rings. The van der Waals surface area contributed by atoms with Gasteiger partial charge in [-0.15, -0.1) is 0 Å². The molecule has 0 aromatic carbocycles. The molecule has 0 unspecified atom stereocenters. The average molecular weight is 350 g/mol. The Hall–Kier alpha value is -1.46. The normalized spacial score (nSPS) is 28.4. The van der Waals surface area contributed by atoms with Crippen molar-refractivity contribution in [2.24, 2.45) is 11.8 Å². The molecule has 140 valence electrons. The van der Waals surface area contributed by atoms with E-state index >= 15 is 0 Å². The van der Waals surface area contributed by atoms with Gasteiger partial charge in [0.1, 0.15) is 6.10 Å². The molecule has 2 aliphatic rings. The van der Waals surface area contributed by atoms with E-state index in [9.17, 15) is 9.59 Å². The van der Waals surface area contributed by atoms with E-state index in [-0.39, 0.29) is 30.3 Å². The number of carboxylic acids is 1. The lowest BCUT2D eigenvalue weighted by atomic mass is 9.89. The molecular formula is C20H30O5. The lowest BCUT2D eigenvalue weighted by Crippen LogP contribution is -2.28. The molecule has 2 fully saturated rings. The first-order chi connectivity index (χ1) is 12.1. The molecule has 2 rings (SSSR count). The fourth-order valence-electron chi connectivity index (χ4n) is 3.61. The highest BCUT2D eigenvalue weighted by Crippen LogP contribution is 2.44. The first-order valence-electron chi connectivity index (χ1n) is 9.51. The van der Waals surface area contributed by atoms with Crippen LogP contribution in [0.5, 0.6) is 0 Å². The van der Waals surface area contributed by atoms with Gasteiger partial charge >= 0.3 is 5.97 Å². The third kappa shape index (κ3) is 6.40. The number of carbonyl (C=O) groups excluding carboxylic acids is 1. The quantitative estimate of drug-likeness (QED) is 0.247. The van der Waals surface area contributed by atoms with E-state index in [2.05, 4.69) is 13.0 Å². The first kappa shape index (κ1) is 19.9. The number of ketones is 1. The van der Waals surface area contributed by atoms with Crippen LogP contribution in [0.4, 0.5) is 0 Å². The van der Waals surface area contributed by atoms with E-state index in [0.29, 0.717) is 18.8 Å². The Bertz CT molecular complexity index is 496. The number of rotatable bonds is 12. The van der Waals surface area contributed by atoms with Crippen LogP contribution in [0.1, 0.15) is 64.7 Å². The maximum absolute atomic E-state index is 12.0. The minimum absolute atomic E-state index is 0.0510. The van der Waals surface area contributed by atoms with Gasteiger partial charge in [0.05, 0.1) is 6.10 Å². The second kappa shape index (κ2) is 10.5. The molecule has 5 nitrogen and oxygen atoms in total. The smallest absolute Gasteiger partial charge is 0.303 e. The molecule has 1 heterocycles. The van der Waals surface area contributed by atoms with E-state index in [1.54, 1.807) is 6.08 Å². The maximum atomic E-state index is 12.0. The number of fused-ring (bicyclic) bond motifs is 2. The number of aliphatic carboxylic acids is 1. The Kier molecular flexibility index (Phi) is 8.35. The monoisotopic (exact) mass is 350 g/mol. The summed E-state index contributed by atoms with van der Waals surface area (Å²) >= 11 is 0. The number of allylic oxidation sites excluding steroid dienone is 3. The zero-order chi connectivity index (χ0) is 18.1. The summed E-state index contributed by atoms with van der Waals surface area (Å²) < 4.78 is 0. The molecule has 25 heavy (non-hydrogen) atoms. The van der Waals surface area contributed by atoms with Crippen LogP contribution in [0.3, 0.4) is 0 Å². The third-order valence-electron chi connectivity index (χ3n) is 5.04. The first-order valence-corrected chi connectivity index (χ1v) is 9.51. The fourth-order valence-corrected chi connectivity index (χ4v) is 3.61. The Labute approximate surface area is 150 Å². The van der Waals surface area contributed by atoms with E-state index in [4.69, 9.17) is 14.9 Å². The van der Waals surface area contributed by atoms with Crippen LogP contribution in [0, 0.1) is 11.8 Å². The highest BCUT2D eigenvalue weighted by Gasteiger charge is 2.49. The molecule has 0 amide bonds. The van der Waals surface area contributed by atoms with Crippen LogP contribution >= 0.6 is 0 Å². The molecule has 0 spiro atoms. The summed E-state index contributed by atoms with van der Waals surface area (Å²) in [6.45, 7) is 2.13. The Morgan fingerprint density at radius 3 is 2.64 bits per heavy atom. The lowest BCUT2D eigenvalue weighted by Gasteiger charge is -2.27. The van der Waals surface area contributed by atoms with Gasteiger partial charge < -0.3 is 5.11 Å². The average Bonchev–Trinajstić information content (AvgIpc) is 3.17. The van der Waals surface area contributed by atoms with Gasteiger partial charge in [0.25, 0.3) is 0 Å². The van der Waals surface area contributed by atoms with Gasteiger partial charge in [0, 0.05) is 31.1 Å². The van der Waals surface area contributed by atoms with Crippen molar-refractivity contribution in [3.8, 4) is 0 Å². The van der Waals surface area contributed by atoms with Crippen molar-refractivity contribution < 1.29 is 24.5 Å². The van der Waals surface area contributed by atoms with Gasteiger partial charge in [-0.3, -0.25) is 9.59 Å². The molecule has 0 aromatic heterocycles. The van der Waals surface area contributed by atoms with Crippen molar-refractivity contribution in [3.63, 3.8) is 0 Å². The zero-order valence-corrected chi connectivity index (χ0v) is 15.1. The van der Waals surface area contributed by atoms with E-state index in [1.165, 1.54) is 0 Å². The van der Waals surface area contributed by atoms with Crippen LogP contribution in [0.2, 0.25) is 0 Å². The predicted molar refractivity (Wildman–Crippen MR) is 94.9 cm³/mol. The number of carbonyl (C=O) groups is 2. The Morgan fingerprint density at radius 1 is 1.08 bits per heavy atom. The largest absolute Gasteiger partial charge is 0.481 e. The van der Waals surface area contributed by atoms with E-state index in [1.807, 2.05) is 12.2 Å². The zero-order valence-electron chi connectivity index (χ0n) is 15.1. The second-order valence-corrected chi connectivity index (χ2v) is 7.02. The van der Waals surface area contributed by atoms with Crippen molar-refractivity contribution in [3.05, 3.63) is 24.3 Å². The predicted octanol–water partition coefficient (Wildman–Crippen LogP) is 4.23.